The van der Waals surface area contributed by atoms with E-state index in [0.717, 1.165) is 55.9 Å². The molecule has 3 fully saturated rings. The summed E-state index contributed by atoms with van der Waals surface area (Å²) in [5, 5.41) is 18.6. The number of fused-ring (bicyclic) bond motifs is 2. The van der Waals surface area contributed by atoms with Gasteiger partial charge in [0.15, 0.2) is 0 Å². The van der Waals surface area contributed by atoms with Crippen molar-refractivity contribution in [2.45, 2.75) is 69.2 Å². The summed E-state index contributed by atoms with van der Waals surface area (Å²) >= 11 is 13.0. The number of carboxylic acids is 1. The molecule has 0 radical (unpaired) electrons. The lowest BCUT2D eigenvalue weighted by Gasteiger charge is -2.37. The van der Waals surface area contributed by atoms with Crippen molar-refractivity contribution in [1.29, 1.82) is 0 Å². The van der Waals surface area contributed by atoms with Crippen LogP contribution in [0.2, 0.25) is 10.0 Å². The Kier molecular flexibility index (Phi) is 6.72. The second-order valence-corrected chi connectivity index (χ2v) is 11.7. The van der Waals surface area contributed by atoms with Gasteiger partial charge in [-0.2, -0.15) is 4.98 Å². The summed E-state index contributed by atoms with van der Waals surface area (Å²) in [6.07, 6.45) is 5.65. The second kappa shape index (κ2) is 10.4. The summed E-state index contributed by atoms with van der Waals surface area (Å²) in [5.74, 6) is -0.415. The molecule has 0 unspecified atom stereocenters. The Labute approximate surface area is 244 Å². The zero-order chi connectivity index (χ0) is 28.2. The third-order valence-electron chi connectivity index (χ3n) is 8.21. The standard InChI is InChI=1S/C29H25Cl2FN4O5/c30-21-2-1-3-22(31)24(21)25-20(26(40-34-25)14-4-5-14)13-39-18-11-16-7-8-17(12-18)36(16)29-33-27(41-35-29)15-6-9-19(28(37)38)23(32)10-15/h1-3,6,9-10,14,16-18H,4-5,7-8,11-13H2,(H,37,38)/t16-,17+,18+. The molecule has 0 spiro atoms. The van der Waals surface area contributed by atoms with E-state index in [4.69, 9.17) is 42.1 Å². The van der Waals surface area contributed by atoms with Crippen molar-refractivity contribution < 1.29 is 28.1 Å². The minimum atomic E-state index is -1.33. The Bertz CT molecular complexity index is 1600. The summed E-state index contributed by atoms with van der Waals surface area (Å²) in [6.45, 7) is 0.348. The SMILES string of the molecule is O=C(O)c1ccc(-c2nc(N3[C@@H]4CC[C@H]3C[C@@H](OCc3c(-c5c(Cl)cccc5Cl)noc3C3CC3)C4)no2)cc1F. The number of halogens is 3. The summed E-state index contributed by atoms with van der Waals surface area (Å²) in [7, 11) is 0. The number of rotatable bonds is 8. The molecule has 4 aromatic rings. The number of carboxylic acid groups (broad SMARTS) is 1. The minimum Gasteiger partial charge on any atom is -0.478 e. The molecule has 12 heteroatoms. The number of hydrogen-bond acceptors (Lipinski definition) is 8. The van der Waals surface area contributed by atoms with Crippen LogP contribution >= 0.6 is 23.2 Å². The van der Waals surface area contributed by atoms with Gasteiger partial charge in [0, 0.05) is 34.7 Å². The molecule has 2 aliphatic heterocycles. The molecule has 3 aliphatic rings. The zero-order valence-electron chi connectivity index (χ0n) is 21.7. The van der Waals surface area contributed by atoms with Crippen molar-refractivity contribution >= 4 is 35.1 Å². The van der Waals surface area contributed by atoms with Crippen LogP contribution in [0.1, 0.15) is 66.1 Å². The monoisotopic (exact) mass is 598 g/mol. The van der Waals surface area contributed by atoms with Gasteiger partial charge in [-0.25, -0.2) is 9.18 Å². The fraction of sp³-hybridized carbons (Fsp3) is 0.379. The van der Waals surface area contributed by atoms with Crippen LogP contribution in [-0.4, -0.2) is 44.6 Å². The summed E-state index contributed by atoms with van der Waals surface area (Å²) in [6, 6.07) is 9.46. The highest BCUT2D eigenvalue weighted by Gasteiger charge is 2.43. The van der Waals surface area contributed by atoms with Gasteiger partial charge in [0.1, 0.15) is 17.3 Å². The van der Waals surface area contributed by atoms with Crippen molar-refractivity contribution in [2.75, 3.05) is 4.90 Å². The van der Waals surface area contributed by atoms with Crippen LogP contribution in [0.3, 0.4) is 0 Å². The first-order chi connectivity index (χ1) is 19.9. The normalized spacial score (nSPS) is 21.9. The number of nitrogens with zero attached hydrogens (tertiary/aromatic N) is 4. The number of aromatic nitrogens is 3. The Morgan fingerprint density at radius 1 is 1.05 bits per heavy atom. The average molecular weight is 599 g/mol. The average Bonchev–Trinajstić information content (AvgIpc) is 3.41. The van der Waals surface area contributed by atoms with Crippen molar-refractivity contribution in [3.05, 3.63) is 69.1 Å². The Morgan fingerprint density at radius 3 is 2.44 bits per heavy atom. The fourth-order valence-corrected chi connectivity index (χ4v) is 6.68. The van der Waals surface area contributed by atoms with Crippen LogP contribution in [0.25, 0.3) is 22.7 Å². The van der Waals surface area contributed by atoms with E-state index < -0.39 is 17.3 Å². The molecule has 3 atom stereocenters. The summed E-state index contributed by atoms with van der Waals surface area (Å²) in [5.41, 5.74) is 2.11. The summed E-state index contributed by atoms with van der Waals surface area (Å²) in [4.78, 5) is 17.8. The maximum Gasteiger partial charge on any atom is 0.338 e. The van der Waals surface area contributed by atoms with Gasteiger partial charge in [-0.3, -0.25) is 0 Å². The van der Waals surface area contributed by atoms with Crippen molar-refractivity contribution in [1.82, 2.24) is 15.3 Å². The molecule has 2 aromatic heterocycles. The molecule has 0 amide bonds. The van der Waals surface area contributed by atoms with E-state index in [1.807, 2.05) is 0 Å². The molecule has 1 aliphatic carbocycles. The van der Waals surface area contributed by atoms with Gasteiger partial charge in [-0.15, -0.1) is 0 Å². The summed E-state index contributed by atoms with van der Waals surface area (Å²) < 4.78 is 31.9. The van der Waals surface area contributed by atoms with Crippen molar-refractivity contribution in [3.63, 3.8) is 0 Å². The number of hydrogen-bond donors (Lipinski definition) is 1. The molecule has 2 bridgehead atoms. The van der Waals surface area contributed by atoms with Gasteiger partial charge < -0.3 is 23.8 Å². The highest BCUT2D eigenvalue weighted by atomic mass is 35.5. The lowest BCUT2D eigenvalue weighted by atomic mass is 9.99. The van der Waals surface area contributed by atoms with Gasteiger partial charge in [0.2, 0.25) is 0 Å². The molecular formula is C29H25Cl2FN4O5. The maximum atomic E-state index is 14.2. The van der Waals surface area contributed by atoms with Crippen LogP contribution in [0.4, 0.5) is 10.3 Å². The molecule has 1 saturated carbocycles. The molecule has 212 valence electrons. The van der Waals surface area contributed by atoms with Crippen LogP contribution in [0.15, 0.2) is 45.4 Å². The maximum absolute atomic E-state index is 14.2. The lowest BCUT2D eigenvalue weighted by molar-refractivity contribution is 0.0144. The Hall–Kier alpha value is -3.47. The molecular weight excluding hydrogens is 574 g/mol. The highest BCUT2D eigenvalue weighted by Crippen LogP contribution is 2.47. The predicted octanol–water partition coefficient (Wildman–Crippen LogP) is 7.13. The lowest BCUT2D eigenvalue weighted by Crippen LogP contribution is -2.46. The van der Waals surface area contributed by atoms with E-state index in [1.54, 1.807) is 18.2 Å². The van der Waals surface area contributed by atoms with Crippen LogP contribution in [0.5, 0.6) is 0 Å². The third kappa shape index (κ3) is 4.87. The van der Waals surface area contributed by atoms with E-state index >= 15 is 0 Å². The smallest absolute Gasteiger partial charge is 0.338 e. The molecule has 41 heavy (non-hydrogen) atoms. The van der Waals surface area contributed by atoms with E-state index in [0.29, 0.717) is 45.3 Å². The number of carbonyl (C=O) groups is 1. The number of anilines is 1. The number of ether oxygens (including phenoxy) is 1. The van der Waals surface area contributed by atoms with Gasteiger partial charge >= 0.3 is 5.97 Å². The minimum absolute atomic E-state index is 0.0179. The fourth-order valence-electron chi connectivity index (χ4n) is 6.10. The van der Waals surface area contributed by atoms with Crippen molar-refractivity contribution in [2.24, 2.45) is 0 Å². The van der Waals surface area contributed by atoms with Crippen LogP contribution in [0, 0.1) is 5.82 Å². The van der Waals surface area contributed by atoms with E-state index in [1.165, 1.54) is 12.1 Å². The quantitative estimate of drug-likeness (QED) is 0.226. The molecule has 2 aromatic carbocycles. The van der Waals surface area contributed by atoms with Crippen LogP contribution < -0.4 is 4.90 Å². The molecule has 7 rings (SSSR count). The Morgan fingerprint density at radius 2 is 1.78 bits per heavy atom. The van der Waals surface area contributed by atoms with Gasteiger partial charge in [0.05, 0.1) is 28.3 Å². The van der Waals surface area contributed by atoms with E-state index in [9.17, 15) is 9.18 Å². The number of benzene rings is 2. The van der Waals surface area contributed by atoms with E-state index in [2.05, 4.69) is 20.2 Å². The number of aromatic carboxylic acids is 1. The Balaban J connectivity index is 1.07. The molecule has 9 nitrogen and oxygen atoms in total. The topological polar surface area (TPSA) is 115 Å². The zero-order valence-corrected chi connectivity index (χ0v) is 23.2. The first kappa shape index (κ1) is 26.4. The van der Waals surface area contributed by atoms with Crippen molar-refractivity contribution in [3.8, 4) is 22.7 Å². The predicted molar refractivity (Wildman–Crippen MR) is 148 cm³/mol. The van der Waals surface area contributed by atoms with Gasteiger partial charge in [-0.05, 0) is 74.0 Å². The first-order valence-corrected chi connectivity index (χ1v) is 14.3. The molecule has 4 heterocycles. The largest absolute Gasteiger partial charge is 0.478 e. The second-order valence-electron chi connectivity index (χ2n) is 10.8. The van der Waals surface area contributed by atoms with E-state index in [-0.39, 0.29) is 24.1 Å². The van der Waals surface area contributed by atoms with Gasteiger partial charge in [-0.1, -0.05) is 34.4 Å². The van der Waals surface area contributed by atoms with Gasteiger partial charge in [0.25, 0.3) is 11.8 Å². The van der Waals surface area contributed by atoms with Crippen LogP contribution in [-0.2, 0) is 11.3 Å². The third-order valence-corrected chi connectivity index (χ3v) is 8.84. The molecule has 2 saturated heterocycles. The number of piperidine rings is 1. The highest BCUT2D eigenvalue weighted by molar-refractivity contribution is 6.39. The molecule has 1 N–H and O–H groups in total. The first-order valence-electron chi connectivity index (χ1n) is 13.6.